The van der Waals surface area contributed by atoms with Crippen LogP contribution in [0.1, 0.15) is 20.8 Å². The first-order valence-electron chi connectivity index (χ1n) is 4.46. The van der Waals surface area contributed by atoms with Crippen LogP contribution in [0.2, 0.25) is 0 Å². The van der Waals surface area contributed by atoms with E-state index >= 15 is 0 Å². The van der Waals surface area contributed by atoms with Gasteiger partial charge in [-0.05, 0) is 20.8 Å². The minimum absolute atomic E-state index is 0.0172. The average Bonchev–Trinajstić information content (AvgIpc) is 1.94. The molecule has 0 rings (SSSR count). The van der Waals surface area contributed by atoms with Crippen LogP contribution in [0.5, 0.6) is 0 Å². The van der Waals surface area contributed by atoms with Crippen molar-refractivity contribution in [1.29, 1.82) is 0 Å². The first-order chi connectivity index (χ1) is 5.95. The second-order valence-electron chi connectivity index (χ2n) is 3.97. The van der Waals surface area contributed by atoms with E-state index in [4.69, 9.17) is 4.74 Å². The molecule has 0 spiro atoms. The fourth-order valence-electron chi connectivity index (χ4n) is 0.839. The predicted octanol–water partition coefficient (Wildman–Crippen LogP) is 0.137. The first-order valence-corrected chi connectivity index (χ1v) is 4.46. The molecule has 0 saturated heterocycles. The second-order valence-corrected chi connectivity index (χ2v) is 3.97. The molecule has 0 saturated carbocycles. The maximum atomic E-state index is 11.2. The number of ether oxygens (including phenoxy) is 1. The van der Waals surface area contributed by atoms with Crippen molar-refractivity contribution in [3.63, 3.8) is 0 Å². The topological polar surface area (TPSA) is 50.4 Å². The highest BCUT2D eigenvalue weighted by atomic mass is 16.5. The van der Waals surface area contributed by atoms with Crippen molar-refractivity contribution in [1.82, 2.24) is 10.6 Å². The SMILES string of the molecule is COCCNCC(=O)NC(C)(C)C. The highest BCUT2D eigenvalue weighted by molar-refractivity contribution is 5.78. The van der Waals surface area contributed by atoms with E-state index in [2.05, 4.69) is 10.6 Å². The van der Waals surface area contributed by atoms with Gasteiger partial charge in [0.05, 0.1) is 13.2 Å². The third-order valence-electron chi connectivity index (χ3n) is 1.28. The van der Waals surface area contributed by atoms with Crippen molar-refractivity contribution < 1.29 is 9.53 Å². The summed E-state index contributed by atoms with van der Waals surface area (Å²) in [6.45, 7) is 7.55. The molecular formula is C9H20N2O2. The number of hydrogen-bond donors (Lipinski definition) is 2. The summed E-state index contributed by atoms with van der Waals surface area (Å²) in [4.78, 5) is 11.2. The molecule has 2 N–H and O–H groups in total. The molecule has 78 valence electrons. The van der Waals surface area contributed by atoms with Gasteiger partial charge in [-0.25, -0.2) is 0 Å². The Labute approximate surface area is 80.0 Å². The number of amides is 1. The summed E-state index contributed by atoms with van der Waals surface area (Å²) in [6, 6.07) is 0. The number of methoxy groups -OCH3 is 1. The van der Waals surface area contributed by atoms with Gasteiger partial charge in [0.2, 0.25) is 5.91 Å². The molecule has 0 fully saturated rings. The lowest BCUT2D eigenvalue weighted by Crippen LogP contribution is -2.45. The average molecular weight is 188 g/mol. The molecular weight excluding hydrogens is 168 g/mol. The molecule has 0 aliphatic heterocycles. The maximum Gasteiger partial charge on any atom is 0.234 e. The molecule has 0 radical (unpaired) electrons. The minimum Gasteiger partial charge on any atom is -0.383 e. The van der Waals surface area contributed by atoms with Crippen LogP contribution in [-0.4, -0.2) is 38.3 Å². The lowest BCUT2D eigenvalue weighted by molar-refractivity contribution is -0.121. The molecule has 13 heavy (non-hydrogen) atoms. The molecule has 0 heterocycles. The number of hydrogen-bond acceptors (Lipinski definition) is 3. The van der Waals surface area contributed by atoms with Gasteiger partial charge in [0.1, 0.15) is 0 Å². The molecule has 0 aromatic carbocycles. The van der Waals surface area contributed by atoms with Gasteiger partial charge < -0.3 is 15.4 Å². The zero-order valence-corrected chi connectivity index (χ0v) is 8.94. The van der Waals surface area contributed by atoms with E-state index in [9.17, 15) is 4.79 Å². The van der Waals surface area contributed by atoms with Crippen LogP contribution in [0.4, 0.5) is 0 Å². The van der Waals surface area contributed by atoms with Gasteiger partial charge >= 0.3 is 0 Å². The predicted molar refractivity (Wildman–Crippen MR) is 52.6 cm³/mol. The molecule has 0 aromatic rings. The van der Waals surface area contributed by atoms with Crippen LogP contribution < -0.4 is 10.6 Å². The summed E-state index contributed by atoms with van der Waals surface area (Å²) in [7, 11) is 1.64. The van der Waals surface area contributed by atoms with Crippen LogP contribution in [0.15, 0.2) is 0 Å². The normalized spacial score (nSPS) is 11.4. The van der Waals surface area contributed by atoms with Crippen LogP contribution in [0, 0.1) is 0 Å². The summed E-state index contributed by atoms with van der Waals surface area (Å²) in [5.41, 5.74) is -0.153. The Balaban J connectivity index is 3.41. The molecule has 0 aromatic heterocycles. The van der Waals surface area contributed by atoms with Gasteiger partial charge in [0, 0.05) is 19.2 Å². The molecule has 0 aliphatic carbocycles. The van der Waals surface area contributed by atoms with Crippen molar-refractivity contribution in [2.24, 2.45) is 0 Å². The Morgan fingerprint density at radius 3 is 2.46 bits per heavy atom. The smallest absolute Gasteiger partial charge is 0.234 e. The lowest BCUT2D eigenvalue weighted by Gasteiger charge is -2.20. The first kappa shape index (κ1) is 12.4. The minimum atomic E-state index is -0.153. The summed E-state index contributed by atoms with van der Waals surface area (Å²) >= 11 is 0. The van der Waals surface area contributed by atoms with Crippen molar-refractivity contribution in [2.45, 2.75) is 26.3 Å². The number of carbonyl (C=O) groups excluding carboxylic acids is 1. The summed E-state index contributed by atoms with van der Waals surface area (Å²) < 4.78 is 4.83. The van der Waals surface area contributed by atoms with E-state index in [1.54, 1.807) is 7.11 Å². The number of nitrogens with one attached hydrogen (secondary N) is 2. The standard InChI is InChI=1S/C9H20N2O2/c1-9(2,3)11-8(12)7-10-5-6-13-4/h10H,5-7H2,1-4H3,(H,11,12). The highest BCUT2D eigenvalue weighted by Crippen LogP contribution is 1.96. The molecule has 0 unspecified atom stereocenters. The van der Waals surface area contributed by atoms with Gasteiger partial charge in [-0.2, -0.15) is 0 Å². The van der Waals surface area contributed by atoms with Crippen molar-refractivity contribution >= 4 is 5.91 Å². The van der Waals surface area contributed by atoms with E-state index in [-0.39, 0.29) is 11.4 Å². The van der Waals surface area contributed by atoms with Gasteiger partial charge in [-0.15, -0.1) is 0 Å². The highest BCUT2D eigenvalue weighted by Gasteiger charge is 2.12. The zero-order chi connectivity index (χ0) is 10.3. The molecule has 0 aliphatic rings. The van der Waals surface area contributed by atoms with Crippen LogP contribution >= 0.6 is 0 Å². The van der Waals surface area contributed by atoms with E-state index in [0.29, 0.717) is 19.7 Å². The number of carbonyl (C=O) groups is 1. The van der Waals surface area contributed by atoms with Gasteiger partial charge in [-0.3, -0.25) is 4.79 Å². The van der Waals surface area contributed by atoms with E-state index in [1.807, 2.05) is 20.8 Å². The van der Waals surface area contributed by atoms with Crippen LogP contribution in [0.3, 0.4) is 0 Å². The molecule has 4 nitrogen and oxygen atoms in total. The van der Waals surface area contributed by atoms with E-state index in [1.165, 1.54) is 0 Å². The fraction of sp³-hybridized carbons (Fsp3) is 0.889. The summed E-state index contributed by atoms with van der Waals surface area (Å²) in [6.07, 6.45) is 0. The Hall–Kier alpha value is -0.610. The monoisotopic (exact) mass is 188 g/mol. The van der Waals surface area contributed by atoms with Crippen LogP contribution in [0.25, 0.3) is 0 Å². The summed E-state index contributed by atoms with van der Waals surface area (Å²) in [5.74, 6) is 0.0172. The van der Waals surface area contributed by atoms with Crippen molar-refractivity contribution in [2.75, 3.05) is 26.8 Å². The number of rotatable bonds is 5. The maximum absolute atomic E-state index is 11.2. The van der Waals surface area contributed by atoms with Crippen molar-refractivity contribution in [3.8, 4) is 0 Å². The summed E-state index contributed by atoms with van der Waals surface area (Å²) in [5, 5.41) is 5.83. The largest absolute Gasteiger partial charge is 0.383 e. The Bertz CT molecular complexity index is 152. The molecule has 0 bridgehead atoms. The van der Waals surface area contributed by atoms with E-state index in [0.717, 1.165) is 0 Å². The Kier molecular flexibility index (Phi) is 5.66. The third-order valence-corrected chi connectivity index (χ3v) is 1.28. The van der Waals surface area contributed by atoms with Gasteiger partial charge in [0.25, 0.3) is 0 Å². The van der Waals surface area contributed by atoms with Gasteiger partial charge in [0.15, 0.2) is 0 Å². The Morgan fingerprint density at radius 2 is 2.00 bits per heavy atom. The second kappa shape index (κ2) is 5.94. The molecule has 0 atom stereocenters. The van der Waals surface area contributed by atoms with Gasteiger partial charge in [-0.1, -0.05) is 0 Å². The lowest BCUT2D eigenvalue weighted by atomic mass is 10.1. The van der Waals surface area contributed by atoms with Crippen LogP contribution in [-0.2, 0) is 9.53 Å². The molecule has 4 heteroatoms. The Morgan fingerprint density at radius 1 is 1.38 bits per heavy atom. The zero-order valence-electron chi connectivity index (χ0n) is 8.94. The van der Waals surface area contributed by atoms with Crippen molar-refractivity contribution in [3.05, 3.63) is 0 Å². The quantitative estimate of drug-likeness (QED) is 0.603. The third kappa shape index (κ3) is 9.30. The van der Waals surface area contributed by atoms with E-state index < -0.39 is 0 Å². The molecule has 1 amide bonds. The fourth-order valence-corrected chi connectivity index (χ4v) is 0.839.